The standard InChI is InChI=1S/C17H34N6OS.HI/c1-7-18-16(20-14(4)12-24-5)19-10-8-9-15-21-22-17(25-6)23(15)11-13(2)3;/h13-14H,7-12H2,1-6H3,(H2,18,19,20);1H. The summed E-state index contributed by atoms with van der Waals surface area (Å²) in [6.07, 6.45) is 3.88. The van der Waals surface area contributed by atoms with E-state index in [1.807, 2.05) is 6.26 Å². The molecule has 0 aromatic carbocycles. The maximum atomic E-state index is 5.16. The third-order valence-corrected chi connectivity index (χ3v) is 4.16. The fourth-order valence-corrected chi connectivity index (χ4v) is 3.00. The van der Waals surface area contributed by atoms with E-state index in [1.54, 1.807) is 18.9 Å². The van der Waals surface area contributed by atoms with Gasteiger partial charge in [0.15, 0.2) is 11.1 Å². The van der Waals surface area contributed by atoms with Gasteiger partial charge >= 0.3 is 0 Å². The number of nitrogens with zero attached hydrogens (tertiary/aromatic N) is 4. The highest BCUT2D eigenvalue weighted by Crippen LogP contribution is 2.16. The number of hydrogen-bond acceptors (Lipinski definition) is 5. The van der Waals surface area contributed by atoms with Gasteiger partial charge in [-0.2, -0.15) is 0 Å². The van der Waals surface area contributed by atoms with Crippen LogP contribution in [0.25, 0.3) is 0 Å². The highest BCUT2D eigenvalue weighted by atomic mass is 127. The van der Waals surface area contributed by atoms with Crippen LogP contribution >= 0.6 is 35.7 Å². The number of thioether (sulfide) groups is 1. The number of aliphatic imine (C=N–C) groups is 1. The summed E-state index contributed by atoms with van der Waals surface area (Å²) in [4.78, 5) is 4.64. The molecule has 9 heteroatoms. The van der Waals surface area contributed by atoms with Gasteiger partial charge in [0.25, 0.3) is 0 Å². The van der Waals surface area contributed by atoms with Crippen LogP contribution in [0.15, 0.2) is 10.1 Å². The lowest BCUT2D eigenvalue weighted by atomic mass is 10.2. The number of halogens is 1. The Bertz CT molecular complexity index is 523. The fraction of sp³-hybridized carbons (Fsp3) is 0.824. The first-order chi connectivity index (χ1) is 12.0. The number of methoxy groups -OCH3 is 1. The molecule has 0 aliphatic rings. The molecule has 0 saturated heterocycles. The molecule has 0 aliphatic carbocycles. The average molecular weight is 498 g/mol. The Hall–Kier alpha value is -0.550. The third kappa shape index (κ3) is 9.40. The molecule has 1 aromatic heterocycles. The summed E-state index contributed by atoms with van der Waals surface area (Å²) < 4.78 is 7.40. The number of nitrogens with one attached hydrogen (secondary N) is 2. The third-order valence-electron chi connectivity index (χ3n) is 3.50. The van der Waals surface area contributed by atoms with Gasteiger partial charge in [-0.3, -0.25) is 4.99 Å². The van der Waals surface area contributed by atoms with Crippen molar-refractivity contribution in [2.45, 2.75) is 58.3 Å². The molecule has 0 fully saturated rings. The molecule has 7 nitrogen and oxygen atoms in total. The van der Waals surface area contributed by atoms with E-state index < -0.39 is 0 Å². The minimum absolute atomic E-state index is 0. The SMILES string of the molecule is CCNC(=NCCCc1nnc(SC)n1CC(C)C)NC(C)COC.I. The first-order valence-electron chi connectivity index (χ1n) is 9.01. The van der Waals surface area contributed by atoms with Crippen molar-refractivity contribution >= 4 is 41.7 Å². The maximum absolute atomic E-state index is 5.16. The van der Waals surface area contributed by atoms with Crippen LogP contribution in [0.1, 0.15) is 39.9 Å². The van der Waals surface area contributed by atoms with Crippen molar-refractivity contribution in [2.24, 2.45) is 10.9 Å². The zero-order valence-electron chi connectivity index (χ0n) is 16.9. The number of aromatic nitrogens is 3. The molecule has 0 amide bonds. The van der Waals surface area contributed by atoms with Gasteiger partial charge in [-0.25, -0.2) is 0 Å². The van der Waals surface area contributed by atoms with Gasteiger partial charge in [0.05, 0.1) is 6.61 Å². The van der Waals surface area contributed by atoms with Crippen LogP contribution in [0.5, 0.6) is 0 Å². The molecule has 2 N–H and O–H groups in total. The smallest absolute Gasteiger partial charge is 0.191 e. The van der Waals surface area contributed by atoms with Gasteiger partial charge in [-0.1, -0.05) is 25.6 Å². The molecule has 0 saturated carbocycles. The van der Waals surface area contributed by atoms with Gasteiger partial charge in [0, 0.05) is 39.2 Å². The largest absolute Gasteiger partial charge is 0.383 e. The Morgan fingerprint density at radius 3 is 2.62 bits per heavy atom. The summed E-state index contributed by atoms with van der Waals surface area (Å²) in [7, 11) is 1.71. The molecule has 0 spiro atoms. The Morgan fingerprint density at radius 2 is 2.04 bits per heavy atom. The number of aryl methyl sites for hydroxylation is 1. The monoisotopic (exact) mass is 498 g/mol. The predicted molar refractivity (Wildman–Crippen MR) is 121 cm³/mol. The molecule has 1 heterocycles. The van der Waals surface area contributed by atoms with Crippen LogP contribution in [-0.2, 0) is 17.7 Å². The summed E-state index contributed by atoms with van der Waals surface area (Å²) in [6, 6.07) is 0.223. The quantitative estimate of drug-likeness (QED) is 0.161. The van der Waals surface area contributed by atoms with Crippen LogP contribution in [0.4, 0.5) is 0 Å². The lowest BCUT2D eigenvalue weighted by molar-refractivity contribution is 0.179. The van der Waals surface area contributed by atoms with Crippen LogP contribution in [0.2, 0.25) is 0 Å². The van der Waals surface area contributed by atoms with Crippen LogP contribution < -0.4 is 10.6 Å². The highest BCUT2D eigenvalue weighted by molar-refractivity contribution is 14.0. The molecule has 1 atom stereocenters. The fourth-order valence-electron chi connectivity index (χ4n) is 2.48. The molecule has 0 aliphatic heterocycles. The lowest BCUT2D eigenvalue weighted by Crippen LogP contribution is -2.44. The molecular weight excluding hydrogens is 463 g/mol. The average Bonchev–Trinajstić information content (AvgIpc) is 2.93. The molecule has 152 valence electrons. The summed E-state index contributed by atoms with van der Waals surface area (Å²) in [5.41, 5.74) is 0. The van der Waals surface area contributed by atoms with Crippen LogP contribution in [0.3, 0.4) is 0 Å². The number of rotatable bonds is 11. The lowest BCUT2D eigenvalue weighted by Gasteiger charge is -2.17. The van der Waals surface area contributed by atoms with E-state index in [4.69, 9.17) is 4.74 Å². The summed E-state index contributed by atoms with van der Waals surface area (Å²) in [5.74, 6) is 2.46. The van der Waals surface area contributed by atoms with Gasteiger partial charge in [-0.15, -0.1) is 34.2 Å². The van der Waals surface area contributed by atoms with E-state index in [0.717, 1.165) is 49.4 Å². The normalized spacial score (nSPS) is 12.8. The van der Waals surface area contributed by atoms with Gasteiger partial charge < -0.3 is 19.9 Å². The molecule has 1 rings (SSSR count). The number of ether oxygens (including phenoxy) is 1. The van der Waals surface area contributed by atoms with Crippen molar-refractivity contribution in [3.63, 3.8) is 0 Å². The molecule has 0 radical (unpaired) electrons. The molecule has 0 bridgehead atoms. The molecule has 26 heavy (non-hydrogen) atoms. The van der Waals surface area contributed by atoms with Crippen molar-refractivity contribution in [3.05, 3.63) is 5.82 Å². The van der Waals surface area contributed by atoms with Crippen molar-refractivity contribution in [1.82, 2.24) is 25.4 Å². The Morgan fingerprint density at radius 1 is 1.31 bits per heavy atom. The molecule has 1 aromatic rings. The Labute approximate surface area is 179 Å². The van der Waals surface area contributed by atoms with E-state index in [-0.39, 0.29) is 30.0 Å². The van der Waals surface area contributed by atoms with Crippen molar-refractivity contribution in [1.29, 1.82) is 0 Å². The zero-order valence-corrected chi connectivity index (χ0v) is 20.1. The second-order valence-corrected chi connectivity index (χ2v) is 7.25. The second kappa shape index (κ2) is 14.5. The van der Waals surface area contributed by atoms with Gasteiger partial charge in [0.2, 0.25) is 0 Å². The van der Waals surface area contributed by atoms with E-state index >= 15 is 0 Å². The van der Waals surface area contributed by atoms with Gasteiger partial charge in [-0.05, 0) is 32.4 Å². The first-order valence-corrected chi connectivity index (χ1v) is 10.2. The van der Waals surface area contributed by atoms with Crippen molar-refractivity contribution in [3.8, 4) is 0 Å². The summed E-state index contributed by atoms with van der Waals surface area (Å²) >= 11 is 1.65. The zero-order chi connectivity index (χ0) is 18.7. The number of hydrogen-bond donors (Lipinski definition) is 2. The van der Waals surface area contributed by atoms with E-state index in [9.17, 15) is 0 Å². The summed E-state index contributed by atoms with van der Waals surface area (Å²) in [6.45, 7) is 11.8. The molecule has 1 unspecified atom stereocenters. The van der Waals surface area contributed by atoms with Crippen LogP contribution in [0, 0.1) is 5.92 Å². The first kappa shape index (κ1) is 25.4. The highest BCUT2D eigenvalue weighted by Gasteiger charge is 2.12. The maximum Gasteiger partial charge on any atom is 0.191 e. The minimum atomic E-state index is 0. The predicted octanol–water partition coefficient (Wildman–Crippen LogP) is 2.80. The number of guanidine groups is 1. The summed E-state index contributed by atoms with van der Waals surface area (Å²) in [5, 5.41) is 16.3. The van der Waals surface area contributed by atoms with Crippen molar-refractivity contribution in [2.75, 3.05) is 33.1 Å². The van der Waals surface area contributed by atoms with Gasteiger partial charge in [0.1, 0.15) is 5.82 Å². The van der Waals surface area contributed by atoms with Crippen molar-refractivity contribution < 1.29 is 4.74 Å². The Kier molecular flexibility index (Phi) is 14.2. The molecular formula is C17H35IN6OS. The van der Waals surface area contributed by atoms with E-state index in [1.165, 1.54) is 0 Å². The van der Waals surface area contributed by atoms with E-state index in [0.29, 0.717) is 12.5 Å². The Balaban J connectivity index is 0.00000625. The topological polar surface area (TPSA) is 76.4 Å². The second-order valence-electron chi connectivity index (χ2n) is 6.47. The van der Waals surface area contributed by atoms with E-state index in [2.05, 4.69) is 58.1 Å². The minimum Gasteiger partial charge on any atom is -0.383 e. The van der Waals surface area contributed by atoms with Crippen LogP contribution in [-0.4, -0.2) is 59.8 Å².